The number of esters is 1. The minimum Gasteiger partial charge on any atom is -0.870 e. The molecule has 0 unspecified atom stereocenters. The number of thiophene rings is 1. The van der Waals surface area contributed by atoms with Crippen LogP contribution in [-0.2, 0) is 22.4 Å². The van der Waals surface area contributed by atoms with Crippen molar-refractivity contribution in [3.8, 4) is 11.5 Å². The van der Waals surface area contributed by atoms with Gasteiger partial charge in [0, 0.05) is 23.4 Å². The smallest absolute Gasteiger partial charge is 0.415 e. The molecule has 54 heavy (non-hydrogen) atoms. The summed E-state index contributed by atoms with van der Waals surface area (Å²) in [4.78, 5) is 34.6. The molecular weight excluding hydrogens is 770 g/mol. The van der Waals surface area contributed by atoms with Crippen molar-refractivity contribution in [2.24, 2.45) is 11.8 Å². The molecule has 0 spiro atoms. The first-order chi connectivity index (χ1) is 25.6. The Bertz CT molecular complexity index is 1920. The number of halogens is 5. The Balaban J connectivity index is 0.00000497. The number of pyridine rings is 1. The minimum atomic E-state index is -3.07. The zero-order valence-corrected chi connectivity index (χ0v) is 31.2. The van der Waals surface area contributed by atoms with Crippen LogP contribution >= 0.6 is 34.5 Å². The van der Waals surface area contributed by atoms with Gasteiger partial charge < -0.3 is 24.4 Å². The molecule has 0 radical (unpaired) electrons. The molecule has 1 amide bonds. The van der Waals surface area contributed by atoms with Gasteiger partial charge in [-0.1, -0.05) is 41.4 Å². The summed E-state index contributed by atoms with van der Waals surface area (Å²) >= 11 is 14.1. The minimum absolute atomic E-state index is 0. The standard InChI is InChI=1S/C38H36Cl2F3N3O6S.H2O/c39-27-17-44-18-28(40)26(27)16-32(24-7-9-31(51-37(42)43)33(15-24)49-21-22-5-6-22)50-36(47)35-10-8-25(53-35)19-46(30-4-2-1-3-29(30)41)38(48)52-34-20-45-13-11-23(34)12-14-45;/h1-4,7-10,15,17-18,22-23,32,34,37H,5-6,11-14,16,19-21H2;1H2/t32-,34-;/m0./s1. The van der Waals surface area contributed by atoms with Crippen LogP contribution in [0.25, 0.3) is 0 Å². The number of alkyl halides is 2. The number of nitrogens with zero attached hydrogens (tertiary/aromatic N) is 2. The highest BCUT2D eigenvalue weighted by Gasteiger charge is 2.38. The molecule has 4 aliphatic rings. The number of anilines is 1. The summed E-state index contributed by atoms with van der Waals surface area (Å²) in [6, 6.07) is 13.6. The van der Waals surface area contributed by atoms with Gasteiger partial charge in [0.25, 0.3) is 0 Å². The van der Waals surface area contributed by atoms with Crippen molar-refractivity contribution in [2.45, 2.75) is 57.5 Å². The molecule has 10 nitrogen and oxygen atoms in total. The highest BCUT2D eigenvalue weighted by molar-refractivity contribution is 7.14. The third-order valence-electron chi connectivity index (χ3n) is 9.75. The van der Waals surface area contributed by atoms with Crippen molar-refractivity contribution in [1.29, 1.82) is 0 Å². The number of benzene rings is 2. The largest absolute Gasteiger partial charge is 0.870 e. The van der Waals surface area contributed by atoms with Crippen LogP contribution in [0.15, 0.2) is 67.0 Å². The SMILES string of the molecule is O=C(O[C@@H](Cc1c(Cl)c[nH+]cc1Cl)c1ccc(OC(F)F)c(OCC2CC2)c1)c1ccc(CN(C(=O)O[C@H]2CN3CCC2CC3)c2ccccc2F)s1.[OH-]. The van der Waals surface area contributed by atoms with Gasteiger partial charge in [-0.15, -0.1) is 11.3 Å². The van der Waals surface area contributed by atoms with Gasteiger partial charge in [0.1, 0.15) is 32.9 Å². The van der Waals surface area contributed by atoms with Crippen LogP contribution in [0.1, 0.15) is 57.5 Å². The number of piperidine rings is 3. The van der Waals surface area contributed by atoms with Crippen LogP contribution in [0.4, 0.5) is 23.7 Å². The predicted molar refractivity (Wildman–Crippen MR) is 194 cm³/mol. The van der Waals surface area contributed by atoms with Crippen LogP contribution in [0.5, 0.6) is 11.5 Å². The second-order valence-corrected chi connectivity index (χ2v) is 15.4. The molecule has 16 heteroatoms. The number of aromatic amines is 1. The maximum atomic E-state index is 15.1. The van der Waals surface area contributed by atoms with E-state index in [4.69, 9.17) is 42.1 Å². The summed E-state index contributed by atoms with van der Waals surface area (Å²) in [6.07, 6.45) is 5.03. The van der Waals surface area contributed by atoms with E-state index in [2.05, 4.69) is 9.88 Å². The van der Waals surface area contributed by atoms with Crippen LogP contribution in [-0.4, -0.2) is 61.4 Å². The lowest BCUT2D eigenvalue weighted by Gasteiger charge is -2.44. The number of hydrogen-bond acceptors (Lipinski definition) is 9. The zero-order chi connectivity index (χ0) is 37.1. The van der Waals surface area contributed by atoms with E-state index in [1.54, 1.807) is 36.7 Å². The van der Waals surface area contributed by atoms with Crippen LogP contribution in [0, 0.1) is 17.7 Å². The van der Waals surface area contributed by atoms with Crippen molar-refractivity contribution in [3.05, 3.63) is 104 Å². The summed E-state index contributed by atoms with van der Waals surface area (Å²) in [5, 5.41) is 0.608. The van der Waals surface area contributed by atoms with Crippen LogP contribution < -0.4 is 19.4 Å². The molecular formula is C38H38Cl2F3N3O7S. The number of amides is 1. The summed E-state index contributed by atoms with van der Waals surface area (Å²) in [7, 11) is 0. The van der Waals surface area contributed by atoms with E-state index in [1.807, 2.05) is 0 Å². The average Bonchev–Trinajstić information content (AvgIpc) is 3.86. The first kappa shape index (κ1) is 39.6. The highest BCUT2D eigenvalue weighted by Crippen LogP contribution is 2.39. The van der Waals surface area contributed by atoms with Gasteiger partial charge in [-0.2, -0.15) is 8.78 Å². The average molecular weight is 809 g/mol. The van der Waals surface area contributed by atoms with E-state index in [-0.39, 0.29) is 52.5 Å². The molecule has 5 heterocycles. The topological polar surface area (TPSA) is 122 Å². The normalized spacial score (nSPS) is 19.5. The highest BCUT2D eigenvalue weighted by atomic mass is 35.5. The zero-order valence-electron chi connectivity index (χ0n) is 28.9. The second-order valence-electron chi connectivity index (χ2n) is 13.4. The van der Waals surface area contributed by atoms with E-state index < -0.39 is 30.6 Å². The van der Waals surface area contributed by atoms with Crippen LogP contribution in [0.3, 0.4) is 0 Å². The quantitative estimate of drug-likeness (QED) is 0.116. The first-order valence-electron chi connectivity index (χ1n) is 17.4. The van der Waals surface area contributed by atoms with Crippen molar-refractivity contribution in [1.82, 2.24) is 4.90 Å². The van der Waals surface area contributed by atoms with Crippen molar-refractivity contribution in [3.63, 3.8) is 0 Å². The number of carbonyl (C=O) groups is 2. The van der Waals surface area contributed by atoms with Gasteiger partial charge in [-0.25, -0.2) is 19.0 Å². The fraction of sp³-hybridized carbons (Fsp3) is 0.395. The number of nitrogens with one attached hydrogen (secondary N) is 1. The third-order valence-corrected chi connectivity index (χ3v) is 11.5. The van der Waals surface area contributed by atoms with E-state index in [0.717, 1.165) is 50.1 Å². The molecule has 1 saturated carbocycles. The molecule has 2 atom stereocenters. The van der Waals surface area contributed by atoms with E-state index in [1.165, 1.54) is 35.2 Å². The lowest BCUT2D eigenvalue weighted by Crippen LogP contribution is -2.53. The predicted octanol–water partition coefficient (Wildman–Crippen LogP) is 8.60. The van der Waals surface area contributed by atoms with Crippen molar-refractivity contribution in [2.75, 3.05) is 31.1 Å². The summed E-state index contributed by atoms with van der Waals surface area (Å²) in [5.41, 5.74) is 0.986. The van der Waals surface area contributed by atoms with E-state index >= 15 is 4.39 Å². The number of para-hydroxylation sites is 1. The molecule has 4 fully saturated rings. The Morgan fingerprint density at radius 3 is 2.39 bits per heavy atom. The van der Waals surface area contributed by atoms with E-state index in [0.29, 0.717) is 45.1 Å². The molecule has 4 aromatic rings. The number of rotatable bonds is 14. The molecule has 2 aromatic heterocycles. The molecule has 2 aromatic carbocycles. The molecule has 1 aliphatic carbocycles. The summed E-state index contributed by atoms with van der Waals surface area (Å²) in [5.74, 6) is -0.745. The maximum Gasteiger partial charge on any atom is 0.415 e. The third kappa shape index (κ3) is 9.58. The molecule has 2 N–H and O–H groups in total. The van der Waals surface area contributed by atoms with Gasteiger partial charge in [-0.3, -0.25) is 9.80 Å². The van der Waals surface area contributed by atoms with Crippen molar-refractivity contribution < 1.29 is 52.2 Å². The summed E-state index contributed by atoms with van der Waals surface area (Å²) < 4.78 is 64.3. The Morgan fingerprint density at radius 2 is 1.72 bits per heavy atom. The second kappa shape index (κ2) is 17.6. The molecule has 3 saturated heterocycles. The van der Waals surface area contributed by atoms with Gasteiger partial charge in [-0.05, 0) is 92.6 Å². The molecule has 288 valence electrons. The molecule has 2 bridgehead atoms. The van der Waals surface area contributed by atoms with E-state index in [9.17, 15) is 18.4 Å². The first-order valence-corrected chi connectivity index (χ1v) is 19.0. The fourth-order valence-corrected chi connectivity index (χ4v) is 8.09. The van der Waals surface area contributed by atoms with Gasteiger partial charge in [0.15, 0.2) is 23.9 Å². The van der Waals surface area contributed by atoms with Gasteiger partial charge in [0.2, 0.25) is 0 Å². The summed E-state index contributed by atoms with van der Waals surface area (Å²) in [6.45, 7) is -0.201. The number of fused-ring (bicyclic) bond motifs is 3. The number of carbonyl (C=O) groups excluding carboxylic acids is 2. The van der Waals surface area contributed by atoms with Gasteiger partial charge in [0.05, 0.1) is 18.8 Å². The lowest BCUT2D eigenvalue weighted by molar-refractivity contribution is -0.377. The Labute approximate surface area is 324 Å². The maximum absolute atomic E-state index is 15.1. The number of H-pyrrole nitrogens is 1. The Kier molecular flexibility index (Phi) is 12.9. The number of aromatic nitrogens is 1. The Hall–Kier alpha value is -4.08. The number of ether oxygens (including phenoxy) is 4. The Morgan fingerprint density at radius 1 is 0.981 bits per heavy atom. The molecule has 8 rings (SSSR count). The van der Waals surface area contributed by atoms with Crippen molar-refractivity contribution >= 4 is 52.3 Å². The van der Waals surface area contributed by atoms with Crippen LogP contribution in [0.2, 0.25) is 10.0 Å². The fourth-order valence-electron chi connectivity index (χ4n) is 6.68. The number of hydrogen-bond donors (Lipinski definition) is 0. The monoisotopic (exact) mass is 807 g/mol. The van der Waals surface area contributed by atoms with Gasteiger partial charge >= 0.3 is 18.7 Å². The molecule has 3 aliphatic heterocycles. The lowest BCUT2D eigenvalue weighted by atomic mass is 9.86.